The summed E-state index contributed by atoms with van der Waals surface area (Å²) in [6.45, 7) is 11.8. The highest BCUT2D eigenvalue weighted by atomic mass is 16.1. The van der Waals surface area contributed by atoms with Crippen molar-refractivity contribution in [3.63, 3.8) is 0 Å². The molecule has 0 aromatic carbocycles. The van der Waals surface area contributed by atoms with Crippen LogP contribution in [0.25, 0.3) is 0 Å². The predicted octanol–water partition coefficient (Wildman–Crippen LogP) is 5.93. The maximum atomic E-state index is 12.3. The third kappa shape index (κ3) is 1.78. The summed E-state index contributed by atoms with van der Waals surface area (Å²) in [5, 5.41) is 0. The molecule has 23 heavy (non-hydrogen) atoms. The zero-order valence-corrected chi connectivity index (χ0v) is 15.8. The second-order valence-corrected chi connectivity index (χ2v) is 10.0. The van der Waals surface area contributed by atoms with Crippen LogP contribution in [0.5, 0.6) is 0 Å². The standard InChI is InChI=1S/C22H34O/c1-14-8-11-20(3)16(14)6-7-19-18(20)10-13-21(4)17(15(2)23)9-12-22(19,21)5/h17-19H,6-13H2,1-5H3/t17-,18+,19-,20+,21-,22+/m0/s1. The number of ketones is 1. The normalized spacial score (nSPS) is 52.1. The molecule has 0 aliphatic heterocycles. The highest BCUT2D eigenvalue weighted by Gasteiger charge is 2.65. The maximum absolute atomic E-state index is 12.3. The van der Waals surface area contributed by atoms with Gasteiger partial charge in [0.1, 0.15) is 5.78 Å². The Morgan fingerprint density at radius 2 is 1.61 bits per heavy atom. The first-order valence-corrected chi connectivity index (χ1v) is 9.93. The van der Waals surface area contributed by atoms with E-state index in [-0.39, 0.29) is 5.41 Å². The molecule has 0 aromatic rings. The molecule has 0 unspecified atom stereocenters. The van der Waals surface area contributed by atoms with Gasteiger partial charge in [0, 0.05) is 5.92 Å². The van der Waals surface area contributed by atoms with E-state index in [1.54, 1.807) is 5.57 Å². The van der Waals surface area contributed by atoms with Crippen molar-refractivity contribution in [1.29, 1.82) is 0 Å². The van der Waals surface area contributed by atoms with E-state index in [9.17, 15) is 4.79 Å². The number of carbonyl (C=O) groups is 1. The molecule has 1 nitrogen and oxygen atoms in total. The Balaban J connectivity index is 1.74. The molecule has 4 rings (SSSR count). The smallest absolute Gasteiger partial charge is 0.133 e. The van der Waals surface area contributed by atoms with Crippen LogP contribution in [0.4, 0.5) is 0 Å². The summed E-state index contributed by atoms with van der Waals surface area (Å²) in [6, 6.07) is 0. The van der Waals surface area contributed by atoms with E-state index in [1.165, 1.54) is 44.9 Å². The van der Waals surface area contributed by atoms with Gasteiger partial charge in [-0.25, -0.2) is 0 Å². The van der Waals surface area contributed by atoms with Crippen LogP contribution < -0.4 is 0 Å². The second kappa shape index (κ2) is 4.73. The van der Waals surface area contributed by atoms with Crippen molar-refractivity contribution in [1.82, 2.24) is 0 Å². The lowest BCUT2D eigenvalue weighted by Gasteiger charge is -2.61. The van der Waals surface area contributed by atoms with Gasteiger partial charge >= 0.3 is 0 Å². The monoisotopic (exact) mass is 314 g/mol. The fourth-order valence-electron chi connectivity index (χ4n) is 7.99. The van der Waals surface area contributed by atoms with Crippen LogP contribution in [0.2, 0.25) is 0 Å². The Morgan fingerprint density at radius 1 is 0.913 bits per heavy atom. The highest BCUT2D eigenvalue weighted by molar-refractivity contribution is 5.79. The fraction of sp³-hybridized carbons (Fsp3) is 0.864. The van der Waals surface area contributed by atoms with Crippen LogP contribution in [-0.2, 0) is 4.79 Å². The Kier molecular flexibility index (Phi) is 3.27. The lowest BCUT2D eigenvalue weighted by molar-refractivity contribution is -0.137. The van der Waals surface area contributed by atoms with Gasteiger partial charge in [-0.2, -0.15) is 0 Å². The molecule has 3 fully saturated rings. The Bertz CT molecular complexity index is 587. The lowest BCUT2D eigenvalue weighted by atomic mass is 9.43. The second-order valence-electron chi connectivity index (χ2n) is 10.0. The van der Waals surface area contributed by atoms with Crippen LogP contribution in [-0.4, -0.2) is 5.78 Å². The molecule has 128 valence electrons. The third-order valence-corrected chi connectivity index (χ3v) is 9.54. The third-order valence-electron chi connectivity index (χ3n) is 9.54. The number of rotatable bonds is 1. The maximum Gasteiger partial charge on any atom is 0.133 e. The molecular formula is C22H34O. The Hall–Kier alpha value is -0.590. The number of hydrogen-bond donors (Lipinski definition) is 0. The van der Waals surface area contributed by atoms with Gasteiger partial charge in [-0.1, -0.05) is 31.9 Å². The number of fused-ring (bicyclic) bond motifs is 5. The molecule has 0 heterocycles. The molecular weight excluding hydrogens is 280 g/mol. The van der Waals surface area contributed by atoms with E-state index in [1.807, 2.05) is 12.5 Å². The molecule has 0 bridgehead atoms. The first kappa shape index (κ1) is 15.9. The first-order chi connectivity index (χ1) is 10.7. The summed E-state index contributed by atoms with van der Waals surface area (Å²) in [5.41, 5.74) is 4.65. The van der Waals surface area contributed by atoms with E-state index < -0.39 is 0 Å². The van der Waals surface area contributed by atoms with Gasteiger partial charge in [0.2, 0.25) is 0 Å². The first-order valence-electron chi connectivity index (χ1n) is 9.93. The van der Waals surface area contributed by atoms with Crippen molar-refractivity contribution < 1.29 is 4.79 Å². The van der Waals surface area contributed by atoms with Gasteiger partial charge in [-0.05, 0) is 93.3 Å². The summed E-state index contributed by atoms with van der Waals surface area (Å²) >= 11 is 0. The SMILES string of the molecule is CC(=O)[C@@H]1CC[C@]2(C)[C@H]3CCC4=C(C)CC[C@@]4(C)[C@@H]3CC[C@@]12C. The van der Waals surface area contributed by atoms with Crippen molar-refractivity contribution in [2.24, 2.45) is 34.0 Å². The van der Waals surface area contributed by atoms with Crippen LogP contribution >= 0.6 is 0 Å². The minimum atomic E-state index is 0.255. The van der Waals surface area contributed by atoms with Gasteiger partial charge < -0.3 is 0 Å². The quantitative estimate of drug-likeness (QED) is 0.548. The zero-order valence-electron chi connectivity index (χ0n) is 15.8. The topological polar surface area (TPSA) is 17.1 Å². The van der Waals surface area contributed by atoms with Gasteiger partial charge in [0.15, 0.2) is 0 Å². The van der Waals surface area contributed by atoms with Crippen LogP contribution in [0.3, 0.4) is 0 Å². The fourth-order valence-corrected chi connectivity index (χ4v) is 7.99. The molecule has 0 saturated heterocycles. The molecule has 6 atom stereocenters. The number of Topliss-reactive ketones (excluding diaryl/α,β-unsaturated/α-hetero) is 1. The molecule has 0 N–H and O–H groups in total. The average Bonchev–Trinajstić information content (AvgIpc) is 2.94. The van der Waals surface area contributed by atoms with Crippen molar-refractivity contribution in [2.45, 2.75) is 86.0 Å². The van der Waals surface area contributed by atoms with E-state index in [2.05, 4.69) is 27.7 Å². The zero-order chi connectivity index (χ0) is 16.6. The molecule has 0 amide bonds. The Labute approximate surface area is 142 Å². The molecule has 4 aliphatic rings. The minimum Gasteiger partial charge on any atom is -0.300 e. The summed E-state index contributed by atoms with van der Waals surface area (Å²) in [6.07, 6.45) is 10.5. The lowest BCUT2D eigenvalue weighted by Crippen LogP contribution is -2.55. The molecule has 1 heteroatoms. The van der Waals surface area contributed by atoms with Gasteiger partial charge in [0.05, 0.1) is 0 Å². The van der Waals surface area contributed by atoms with E-state index in [0.29, 0.717) is 22.5 Å². The molecule has 3 saturated carbocycles. The number of carbonyl (C=O) groups excluding carboxylic acids is 1. The largest absolute Gasteiger partial charge is 0.300 e. The molecule has 4 aliphatic carbocycles. The van der Waals surface area contributed by atoms with Crippen LogP contribution in [0.1, 0.15) is 86.0 Å². The van der Waals surface area contributed by atoms with E-state index in [0.717, 1.165) is 18.3 Å². The Morgan fingerprint density at radius 3 is 2.30 bits per heavy atom. The molecule has 0 spiro atoms. The summed E-state index contributed by atoms with van der Waals surface area (Å²) in [4.78, 5) is 12.3. The van der Waals surface area contributed by atoms with Gasteiger partial charge in [-0.3, -0.25) is 4.79 Å². The van der Waals surface area contributed by atoms with Crippen LogP contribution in [0, 0.1) is 34.0 Å². The van der Waals surface area contributed by atoms with E-state index in [4.69, 9.17) is 0 Å². The molecule has 0 aromatic heterocycles. The van der Waals surface area contributed by atoms with Crippen molar-refractivity contribution in [3.8, 4) is 0 Å². The number of hydrogen-bond acceptors (Lipinski definition) is 1. The van der Waals surface area contributed by atoms with E-state index >= 15 is 0 Å². The highest BCUT2D eigenvalue weighted by Crippen LogP contribution is 2.72. The van der Waals surface area contributed by atoms with Crippen molar-refractivity contribution in [3.05, 3.63) is 11.1 Å². The predicted molar refractivity (Wildman–Crippen MR) is 95.1 cm³/mol. The number of allylic oxidation sites excluding steroid dienone is 2. The summed E-state index contributed by atoms with van der Waals surface area (Å²) in [5.74, 6) is 2.48. The summed E-state index contributed by atoms with van der Waals surface area (Å²) < 4.78 is 0. The average molecular weight is 315 g/mol. The van der Waals surface area contributed by atoms with Crippen molar-refractivity contribution in [2.75, 3.05) is 0 Å². The van der Waals surface area contributed by atoms with Crippen molar-refractivity contribution >= 4 is 5.78 Å². The minimum absolute atomic E-state index is 0.255. The van der Waals surface area contributed by atoms with Gasteiger partial charge in [-0.15, -0.1) is 0 Å². The van der Waals surface area contributed by atoms with Crippen LogP contribution in [0.15, 0.2) is 11.1 Å². The molecule has 0 radical (unpaired) electrons. The van der Waals surface area contributed by atoms with Gasteiger partial charge in [0.25, 0.3) is 0 Å². The summed E-state index contributed by atoms with van der Waals surface area (Å²) in [7, 11) is 0.